The molecule has 2 rings (SSSR count). The lowest BCUT2D eigenvalue weighted by molar-refractivity contribution is 0.0998. The number of hydrogen-bond acceptors (Lipinski definition) is 3. The fourth-order valence-electron chi connectivity index (χ4n) is 1.71. The highest BCUT2D eigenvalue weighted by molar-refractivity contribution is 9.10. The van der Waals surface area contributed by atoms with Crippen molar-refractivity contribution in [1.82, 2.24) is 0 Å². The van der Waals surface area contributed by atoms with Gasteiger partial charge in [-0.2, -0.15) is 0 Å². The van der Waals surface area contributed by atoms with Gasteiger partial charge in [-0.1, -0.05) is 30.4 Å². The second-order valence-corrected chi connectivity index (χ2v) is 5.23. The zero-order valence-electron chi connectivity index (χ0n) is 10.3. The van der Waals surface area contributed by atoms with Gasteiger partial charge in [-0.15, -0.1) is 0 Å². The normalized spacial score (nSPS) is 10.1. The Labute approximate surface area is 129 Å². The third-order valence-electron chi connectivity index (χ3n) is 2.59. The Kier molecular flexibility index (Phi) is 4.36. The number of nitrogens with two attached hydrogens (primary N) is 2. The van der Waals surface area contributed by atoms with Crippen LogP contribution in [0, 0.1) is 0 Å². The molecule has 2 aromatic carbocycles. The molecule has 0 unspecified atom stereocenters. The Hall–Kier alpha value is -1.92. The van der Waals surface area contributed by atoms with Crippen LogP contribution in [0.3, 0.4) is 0 Å². The molecule has 20 heavy (non-hydrogen) atoms. The van der Waals surface area contributed by atoms with Crippen molar-refractivity contribution >= 4 is 39.0 Å². The SMILES string of the molecule is NC(=O)c1ccccc1Oc1cccc(Br)c1C(N)=S. The standard InChI is InChI=1S/C14H11BrN2O2S/c15-9-5-3-7-11(12(9)14(17)20)19-10-6-2-1-4-8(10)13(16)18/h1-7H,(H2,16,18)(H2,17,20). The molecule has 0 fully saturated rings. The number of carbonyl (C=O) groups excluding carboxylic acids is 1. The minimum Gasteiger partial charge on any atom is -0.456 e. The summed E-state index contributed by atoms with van der Waals surface area (Å²) < 4.78 is 6.47. The molecular weight excluding hydrogens is 340 g/mol. The molecule has 0 saturated carbocycles. The molecule has 6 heteroatoms. The van der Waals surface area contributed by atoms with Gasteiger partial charge in [0.1, 0.15) is 16.5 Å². The smallest absolute Gasteiger partial charge is 0.252 e. The molecule has 0 aliphatic carbocycles. The molecule has 0 spiro atoms. The lowest BCUT2D eigenvalue weighted by Crippen LogP contribution is -2.14. The molecule has 0 aliphatic heterocycles. The number of primary amides is 1. The Bertz CT molecular complexity index is 689. The molecule has 0 heterocycles. The second-order valence-electron chi connectivity index (χ2n) is 3.94. The molecule has 0 bridgehead atoms. The Morgan fingerprint density at radius 1 is 1.05 bits per heavy atom. The predicted molar refractivity (Wildman–Crippen MR) is 85.1 cm³/mol. The van der Waals surface area contributed by atoms with Crippen LogP contribution in [0.15, 0.2) is 46.9 Å². The van der Waals surface area contributed by atoms with Gasteiger partial charge in [0.2, 0.25) is 0 Å². The van der Waals surface area contributed by atoms with E-state index in [1.807, 2.05) is 0 Å². The molecule has 4 N–H and O–H groups in total. The van der Waals surface area contributed by atoms with Crippen LogP contribution < -0.4 is 16.2 Å². The van der Waals surface area contributed by atoms with Crippen molar-refractivity contribution in [1.29, 1.82) is 0 Å². The third kappa shape index (κ3) is 2.97. The first-order valence-electron chi connectivity index (χ1n) is 5.65. The summed E-state index contributed by atoms with van der Waals surface area (Å²) >= 11 is 8.38. The summed E-state index contributed by atoms with van der Waals surface area (Å²) in [4.78, 5) is 11.6. The quantitative estimate of drug-likeness (QED) is 0.830. The van der Waals surface area contributed by atoms with Crippen molar-refractivity contribution < 1.29 is 9.53 Å². The van der Waals surface area contributed by atoms with Crippen LogP contribution in [-0.2, 0) is 0 Å². The van der Waals surface area contributed by atoms with E-state index in [0.29, 0.717) is 22.6 Å². The number of ether oxygens (including phenoxy) is 1. The summed E-state index contributed by atoms with van der Waals surface area (Å²) in [6.07, 6.45) is 0. The van der Waals surface area contributed by atoms with E-state index >= 15 is 0 Å². The van der Waals surface area contributed by atoms with Crippen LogP contribution in [0.2, 0.25) is 0 Å². The first kappa shape index (κ1) is 14.5. The largest absolute Gasteiger partial charge is 0.456 e. The van der Waals surface area contributed by atoms with Crippen LogP contribution >= 0.6 is 28.1 Å². The summed E-state index contributed by atoms with van der Waals surface area (Å²) in [5.74, 6) is 0.253. The molecule has 0 atom stereocenters. The van der Waals surface area contributed by atoms with Gasteiger partial charge >= 0.3 is 0 Å². The van der Waals surface area contributed by atoms with Gasteiger partial charge in [0.05, 0.1) is 11.1 Å². The highest BCUT2D eigenvalue weighted by Crippen LogP contribution is 2.32. The fraction of sp³-hybridized carbons (Fsp3) is 0. The summed E-state index contributed by atoms with van der Waals surface area (Å²) in [7, 11) is 0. The average Bonchev–Trinajstić information content (AvgIpc) is 2.38. The van der Waals surface area contributed by atoms with Gasteiger partial charge in [0.25, 0.3) is 5.91 Å². The number of hydrogen-bond donors (Lipinski definition) is 2. The van der Waals surface area contributed by atoms with Crippen molar-refractivity contribution in [3.05, 3.63) is 58.1 Å². The van der Waals surface area contributed by atoms with Crippen LogP contribution in [0.1, 0.15) is 15.9 Å². The molecule has 2 aromatic rings. The Balaban J connectivity index is 2.49. The van der Waals surface area contributed by atoms with Gasteiger partial charge in [0, 0.05) is 4.47 Å². The summed E-state index contributed by atoms with van der Waals surface area (Å²) in [6, 6.07) is 12.0. The van der Waals surface area contributed by atoms with Crippen LogP contribution in [0.4, 0.5) is 0 Å². The average molecular weight is 351 g/mol. The molecule has 1 amide bonds. The minimum absolute atomic E-state index is 0.198. The highest BCUT2D eigenvalue weighted by Gasteiger charge is 2.14. The van der Waals surface area contributed by atoms with E-state index in [4.69, 9.17) is 28.4 Å². The zero-order valence-corrected chi connectivity index (χ0v) is 12.7. The van der Waals surface area contributed by atoms with Crippen molar-refractivity contribution in [2.45, 2.75) is 0 Å². The number of carbonyl (C=O) groups is 1. The molecule has 0 radical (unpaired) electrons. The number of amides is 1. The van der Waals surface area contributed by atoms with E-state index in [9.17, 15) is 4.79 Å². The Morgan fingerprint density at radius 3 is 2.35 bits per heavy atom. The number of halogens is 1. The van der Waals surface area contributed by atoms with E-state index in [1.54, 1.807) is 42.5 Å². The first-order chi connectivity index (χ1) is 9.50. The topological polar surface area (TPSA) is 78.3 Å². The van der Waals surface area contributed by atoms with E-state index in [-0.39, 0.29) is 4.99 Å². The van der Waals surface area contributed by atoms with Crippen LogP contribution in [-0.4, -0.2) is 10.9 Å². The maximum atomic E-state index is 11.4. The van der Waals surface area contributed by atoms with E-state index in [0.717, 1.165) is 4.47 Å². The van der Waals surface area contributed by atoms with Gasteiger partial charge in [0.15, 0.2) is 0 Å². The number of rotatable bonds is 4. The van der Waals surface area contributed by atoms with Gasteiger partial charge in [-0.3, -0.25) is 4.79 Å². The van der Waals surface area contributed by atoms with Crippen molar-refractivity contribution in [2.75, 3.05) is 0 Å². The van der Waals surface area contributed by atoms with Crippen molar-refractivity contribution in [3.8, 4) is 11.5 Å². The van der Waals surface area contributed by atoms with Gasteiger partial charge in [-0.05, 0) is 40.2 Å². The van der Waals surface area contributed by atoms with Gasteiger partial charge < -0.3 is 16.2 Å². The van der Waals surface area contributed by atoms with E-state index < -0.39 is 5.91 Å². The molecule has 0 aliphatic rings. The number of para-hydroxylation sites is 1. The lowest BCUT2D eigenvalue weighted by atomic mass is 10.1. The van der Waals surface area contributed by atoms with Crippen molar-refractivity contribution in [3.63, 3.8) is 0 Å². The monoisotopic (exact) mass is 350 g/mol. The van der Waals surface area contributed by atoms with E-state index in [1.165, 1.54) is 0 Å². The third-order valence-corrected chi connectivity index (χ3v) is 3.46. The maximum absolute atomic E-state index is 11.4. The van der Waals surface area contributed by atoms with Crippen LogP contribution in [0.5, 0.6) is 11.5 Å². The summed E-state index contributed by atoms with van der Waals surface area (Å²) in [5.41, 5.74) is 11.9. The second kappa shape index (κ2) is 6.02. The summed E-state index contributed by atoms with van der Waals surface area (Å²) in [6.45, 7) is 0. The molecule has 102 valence electrons. The fourth-order valence-corrected chi connectivity index (χ4v) is 2.61. The zero-order chi connectivity index (χ0) is 14.7. The number of benzene rings is 2. The molecule has 0 saturated heterocycles. The van der Waals surface area contributed by atoms with Crippen molar-refractivity contribution in [2.24, 2.45) is 11.5 Å². The molecule has 4 nitrogen and oxygen atoms in total. The first-order valence-corrected chi connectivity index (χ1v) is 6.86. The Morgan fingerprint density at radius 2 is 1.70 bits per heavy atom. The highest BCUT2D eigenvalue weighted by atomic mass is 79.9. The lowest BCUT2D eigenvalue weighted by Gasteiger charge is -2.13. The minimum atomic E-state index is -0.563. The summed E-state index contributed by atoms with van der Waals surface area (Å²) in [5, 5.41) is 0. The predicted octanol–water partition coefficient (Wildman–Crippen LogP) is 2.97. The molecule has 0 aromatic heterocycles. The molecular formula is C14H11BrN2O2S. The van der Waals surface area contributed by atoms with Crippen LogP contribution in [0.25, 0.3) is 0 Å². The van der Waals surface area contributed by atoms with Gasteiger partial charge in [-0.25, -0.2) is 0 Å². The van der Waals surface area contributed by atoms with E-state index in [2.05, 4.69) is 15.9 Å². The number of thiocarbonyl (C=S) groups is 1. The maximum Gasteiger partial charge on any atom is 0.252 e.